The Morgan fingerprint density at radius 2 is 1.67 bits per heavy atom. The summed E-state index contributed by atoms with van der Waals surface area (Å²) >= 11 is 11.0. The number of hydrogen-bond acceptors (Lipinski definition) is 4. The summed E-state index contributed by atoms with van der Waals surface area (Å²) in [5.74, 6) is -0.615. The Morgan fingerprint density at radius 3 is 2.27 bits per heavy atom. The molecule has 10 heteroatoms. The second kappa shape index (κ2) is 13.6. The maximum Gasteiger partial charge on any atom is 0.420 e. The first-order valence-corrected chi connectivity index (χ1v) is 10.2. The van der Waals surface area contributed by atoms with Gasteiger partial charge < -0.3 is 14.3 Å². The third-order valence-corrected chi connectivity index (χ3v) is 4.12. The van der Waals surface area contributed by atoms with E-state index in [4.69, 9.17) is 37.5 Å². The molecule has 0 radical (unpaired) electrons. The Morgan fingerprint density at radius 1 is 1.03 bits per heavy atom. The zero-order valence-corrected chi connectivity index (χ0v) is 18.3. The highest BCUT2D eigenvalue weighted by atomic mass is 35.5. The quantitative estimate of drug-likeness (QED) is 0.128. The van der Waals surface area contributed by atoms with Gasteiger partial charge in [0, 0.05) is 12.1 Å². The van der Waals surface area contributed by atoms with Crippen molar-refractivity contribution in [2.75, 3.05) is 19.8 Å². The number of nitrogens with zero attached hydrogens (tertiary/aromatic N) is 1. The lowest BCUT2D eigenvalue weighted by Crippen LogP contribution is -2.11. The van der Waals surface area contributed by atoms with Crippen molar-refractivity contribution in [1.82, 2.24) is 0 Å². The Labute approximate surface area is 183 Å². The number of hydrogen-bond donors (Lipinski definition) is 0. The Balaban J connectivity index is 2.52. The van der Waals surface area contributed by atoms with Crippen LogP contribution in [0.4, 0.5) is 17.6 Å². The van der Waals surface area contributed by atoms with Crippen molar-refractivity contribution in [2.45, 2.75) is 52.1 Å². The minimum atomic E-state index is -4.69. The highest BCUT2D eigenvalue weighted by Gasteiger charge is 2.36. The van der Waals surface area contributed by atoms with Gasteiger partial charge in [0.15, 0.2) is 5.29 Å². The molecule has 0 spiro atoms. The smallest absolute Gasteiger partial charge is 0.420 e. The van der Waals surface area contributed by atoms with Crippen LogP contribution in [0.15, 0.2) is 28.7 Å². The van der Waals surface area contributed by atoms with Crippen LogP contribution in [0.5, 0.6) is 11.5 Å². The zero-order chi connectivity index (χ0) is 22.6. The van der Waals surface area contributed by atoms with E-state index in [2.05, 4.69) is 5.16 Å². The standard InChI is InChI=1S/C20H25Cl2F4NO3/c1-14(2)27-30-10-7-5-3-4-6-9-29-19-16(20(24,25)26)12-15(13-17(19)21)28-11-8-18(22)23/h8,12-13H,3-7,9-11H2,1-2H3/b18-8-. The summed E-state index contributed by atoms with van der Waals surface area (Å²) in [5, 5.41) is 2.57. The third kappa shape index (κ3) is 10.9. The van der Waals surface area contributed by atoms with Gasteiger partial charge in [-0.25, -0.2) is 0 Å². The van der Waals surface area contributed by atoms with Crippen LogP contribution in [0.3, 0.4) is 0 Å². The van der Waals surface area contributed by atoms with Crippen LogP contribution in [0, 0.1) is 0 Å². The molecule has 0 saturated carbocycles. The van der Waals surface area contributed by atoms with E-state index >= 15 is 0 Å². The van der Waals surface area contributed by atoms with Gasteiger partial charge in [-0.3, -0.25) is 0 Å². The minimum Gasteiger partial charge on any atom is -0.491 e. The molecule has 0 saturated heterocycles. The highest BCUT2D eigenvalue weighted by Crippen LogP contribution is 2.43. The molecule has 1 rings (SSSR count). The van der Waals surface area contributed by atoms with E-state index < -0.39 is 22.8 Å². The predicted molar refractivity (Wildman–Crippen MR) is 110 cm³/mol. The lowest BCUT2D eigenvalue weighted by Gasteiger charge is -2.17. The number of rotatable bonds is 13. The van der Waals surface area contributed by atoms with Crippen molar-refractivity contribution in [3.8, 4) is 11.5 Å². The van der Waals surface area contributed by atoms with Crippen LogP contribution in [0.2, 0.25) is 5.02 Å². The molecule has 0 bridgehead atoms. The van der Waals surface area contributed by atoms with E-state index in [1.807, 2.05) is 13.8 Å². The van der Waals surface area contributed by atoms with E-state index in [1.54, 1.807) is 0 Å². The fraction of sp³-hybridized carbons (Fsp3) is 0.550. The summed E-state index contributed by atoms with van der Waals surface area (Å²) in [4.78, 5) is 5.09. The number of oxime groups is 1. The molecule has 170 valence electrons. The molecule has 0 unspecified atom stereocenters. The van der Waals surface area contributed by atoms with Crippen LogP contribution in [-0.4, -0.2) is 25.5 Å². The normalized spacial score (nSPS) is 11.9. The summed E-state index contributed by atoms with van der Waals surface area (Å²) in [7, 11) is 0. The first kappa shape index (κ1) is 26.4. The summed E-state index contributed by atoms with van der Waals surface area (Å²) in [5.41, 5.74) is -0.200. The second-order valence-electron chi connectivity index (χ2n) is 6.57. The van der Waals surface area contributed by atoms with Gasteiger partial charge in [0.2, 0.25) is 0 Å². The number of ether oxygens (including phenoxy) is 2. The number of benzene rings is 1. The van der Waals surface area contributed by atoms with Gasteiger partial charge in [0.1, 0.15) is 30.3 Å². The highest BCUT2D eigenvalue weighted by molar-refractivity contribution is 6.32. The molecule has 4 nitrogen and oxygen atoms in total. The summed E-state index contributed by atoms with van der Waals surface area (Å²) in [6.45, 7) is 3.99. The van der Waals surface area contributed by atoms with Crippen molar-refractivity contribution >= 4 is 28.9 Å². The zero-order valence-electron chi connectivity index (χ0n) is 16.8. The molecule has 0 aliphatic rings. The number of unbranched alkanes of at least 4 members (excludes halogenated alkanes) is 4. The fourth-order valence-electron chi connectivity index (χ4n) is 2.36. The maximum absolute atomic E-state index is 13.4. The van der Waals surface area contributed by atoms with Crippen molar-refractivity contribution in [2.24, 2.45) is 5.16 Å². The van der Waals surface area contributed by atoms with Crippen molar-refractivity contribution in [3.05, 3.63) is 34.1 Å². The maximum atomic E-state index is 13.4. The van der Waals surface area contributed by atoms with Crippen molar-refractivity contribution in [1.29, 1.82) is 0 Å². The first-order valence-electron chi connectivity index (χ1n) is 9.42. The van der Waals surface area contributed by atoms with Gasteiger partial charge in [0.05, 0.1) is 17.3 Å². The molecule has 0 aliphatic heterocycles. The van der Waals surface area contributed by atoms with Gasteiger partial charge in [-0.2, -0.15) is 17.6 Å². The summed E-state index contributed by atoms with van der Waals surface area (Å²) in [6.07, 6.45) is 0.245. The molecule has 30 heavy (non-hydrogen) atoms. The molecule has 0 heterocycles. The number of halogens is 6. The van der Waals surface area contributed by atoms with Crippen LogP contribution in [0.25, 0.3) is 0 Å². The topological polar surface area (TPSA) is 40.0 Å². The Hall–Kier alpha value is -1.67. The molecule has 0 atom stereocenters. The summed E-state index contributed by atoms with van der Waals surface area (Å²) < 4.78 is 63.0. The molecule has 1 aromatic rings. The van der Waals surface area contributed by atoms with Gasteiger partial charge in [0.25, 0.3) is 0 Å². The van der Waals surface area contributed by atoms with Crippen molar-refractivity contribution < 1.29 is 31.9 Å². The van der Waals surface area contributed by atoms with Crippen LogP contribution in [0.1, 0.15) is 51.5 Å². The van der Waals surface area contributed by atoms with E-state index in [1.165, 1.54) is 6.07 Å². The van der Waals surface area contributed by atoms with E-state index in [-0.39, 0.29) is 24.0 Å². The predicted octanol–water partition coefficient (Wildman–Crippen LogP) is 7.53. The van der Waals surface area contributed by atoms with Crippen LogP contribution in [-0.2, 0) is 11.0 Å². The second-order valence-corrected chi connectivity index (χ2v) is 7.34. The average molecular weight is 474 g/mol. The monoisotopic (exact) mass is 473 g/mol. The van der Waals surface area contributed by atoms with E-state index in [0.717, 1.165) is 43.5 Å². The Bertz CT molecular complexity index is 717. The fourth-order valence-corrected chi connectivity index (χ4v) is 2.68. The van der Waals surface area contributed by atoms with Crippen LogP contribution >= 0.6 is 23.2 Å². The Kier molecular flexibility index (Phi) is 11.9. The average Bonchev–Trinajstić information content (AvgIpc) is 2.62. The van der Waals surface area contributed by atoms with Gasteiger partial charge in [-0.1, -0.05) is 41.2 Å². The molecule has 0 fully saturated rings. The molecule has 0 aliphatic carbocycles. The van der Waals surface area contributed by atoms with E-state index in [9.17, 15) is 17.6 Å². The molecule has 0 N–H and O–H groups in total. The minimum absolute atomic E-state index is 0.0963. The number of alkyl halides is 3. The lowest BCUT2D eigenvalue weighted by atomic mass is 10.1. The summed E-state index contributed by atoms with van der Waals surface area (Å²) in [6, 6.07) is 1.95. The lowest BCUT2D eigenvalue weighted by molar-refractivity contribution is -0.139. The van der Waals surface area contributed by atoms with Gasteiger partial charge in [-0.15, -0.1) is 0 Å². The van der Waals surface area contributed by atoms with E-state index in [0.29, 0.717) is 13.0 Å². The SMILES string of the molecule is CC(C)=NOCCCCCCCOc1c(Cl)cc(OC/C=C(\F)Cl)cc1C(F)(F)F. The molecule has 0 aromatic heterocycles. The van der Waals surface area contributed by atoms with Gasteiger partial charge in [-0.05, 0) is 39.2 Å². The van der Waals surface area contributed by atoms with Crippen LogP contribution < -0.4 is 9.47 Å². The molecule has 1 aromatic carbocycles. The van der Waals surface area contributed by atoms with Gasteiger partial charge >= 0.3 is 6.18 Å². The van der Waals surface area contributed by atoms with Crippen molar-refractivity contribution in [3.63, 3.8) is 0 Å². The third-order valence-electron chi connectivity index (χ3n) is 3.68. The molecular formula is C20H25Cl2F4NO3. The first-order chi connectivity index (χ1) is 14.1. The molecule has 0 amide bonds. The molecular weight excluding hydrogens is 449 g/mol. The largest absolute Gasteiger partial charge is 0.491 e.